The van der Waals surface area contributed by atoms with E-state index in [1.807, 2.05) is 6.07 Å². The second kappa shape index (κ2) is 5.54. The number of rotatable bonds is 2. The molecule has 0 bridgehead atoms. The summed E-state index contributed by atoms with van der Waals surface area (Å²) in [7, 11) is 0. The van der Waals surface area contributed by atoms with Crippen molar-refractivity contribution in [3.8, 4) is 0 Å². The van der Waals surface area contributed by atoms with Gasteiger partial charge in [-0.05, 0) is 29.0 Å². The molecule has 1 aromatic carbocycles. The number of aliphatic hydroxyl groups excluding tert-OH is 1. The topological polar surface area (TPSA) is 32.7 Å². The first-order valence-corrected chi connectivity index (χ1v) is 8.36. The summed E-state index contributed by atoms with van der Waals surface area (Å²) in [5.74, 6) is 0. The molecule has 4 rings (SSSR count). The standard InChI is InChI=1S/C17H19NO2S/c19-17-13-5-2-1-4-12(13)10-14(17)18-7-8-20-15(11-18)16-6-3-9-21-16/h1-6,9,14-15,17,19H,7-8,10-11H2. The first kappa shape index (κ1) is 13.5. The highest BCUT2D eigenvalue weighted by Crippen LogP contribution is 2.36. The van der Waals surface area contributed by atoms with Crippen LogP contribution in [0.3, 0.4) is 0 Å². The summed E-state index contributed by atoms with van der Waals surface area (Å²) in [4.78, 5) is 3.68. The van der Waals surface area contributed by atoms with Gasteiger partial charge in [-0.2, -0.15) is 0 Å². The van der Waals surface area contributed by atoms with Crippen LogP contribution in [0.4, 0.5) is 0 Å². The van der Waals surface area contributed by atoms with Crippen LogP contribution in [0.25, 0.3) is 0 Å². The molecule has 2 heterocycles. The Morgan fingerprint density at radius 1 is 1.19 bits per heavy atom. The summed E-state index contributed by atoms with van der Waals surface area (Å²) >= 11 is 1.75. The molecule has 4 heteroatoms. The largest absolute Gasteiger partial charge is 0.387 e. The van der Waals surface area contributed by atoms with E-state index < -0.39 is 0 Å². The van der Waals surface area contributed by atoms with E-state index in [-0.39, 0.29) is 18.2 Å². The normalized spacial score (nSPS) is 29.5. The lowest BCUT2D eigenvalue weighted by atomic mass is 10.1. The van der Waals surface area contributed by atoms with E-state index >= 15 is 0 Å². The van der Waals surface area contributed by atoms with Gasteiger partial charge in [0.1, 0.15) is 6.10 Å². The third-order valence-electron chi connectivity index (χ3n) is 4.59. The van der Waals surface area contributed by atoms with Gasteiger partial charge in [-0.15, -0.1) is 11.3 Å². The molecular weight excluding hydrogens is 282 g/mol. The number of ether oxygens (including phenoxy) is 1. The van der Waals surface area contributed by atoms with Crippen molar-refractivity contribution in [2.24, 2.45) is 0 Å². The number of morpholine rings is 1. The zero-order valence-electron chi connectivity index (χ0n) is 11.8. The predicted molar refractivity (Wildman–Crippen MR) is 83.5 cm³/mol. The van der Waals surface area contributed by atoms with E-state index in [0.717, 1.165) is 31.7 Å². The second-order valence-corrected chi connectivity index (χ2v) is 6.76. The summed E-state index contributed by atoms with van der Waals surface area (Å²) in [6, 6.07) is 12.7. The van der Waals surface area contributed by atoms with Crippen LogP contribution < -0.4 is 0 Å². The molecule has 2 aliphatic rings. The molecule has 1 aromatic heterocycles. The van der Waals surface area contributed by atoms with E-state index in [2.05, 4.69) is 40.6 Å². The molecule has 3 unspecified atom stereocenters. The predicted octanol–water partition coefficient (Wildman–Crippen LogP) is 2.78. The Balaban J connectivity index is 1.52. The fraction of sp³-hybridized carbons (Fsp3) is 0.412. The van der Waals surface area contributed by atoms with Gasteiger partial charge < -0.3 is 9.84 Å². The van der Waals surface area contributed by atoms with E-state index in [4.69, 9.17) is 4.74 Å². The maximum atomic E-state index is 10.6. The van der Waals surface area contributed by atoms with Gasteiger partial charge in [0.05, 0.1) is 12.7 Å². The van der Waals surface area contributed by atoms with Crippen LogP contribution in [0.5, 0.6) is 0 Å². The minimum atomic E-state index is -0.372. The van der Waals surface area contributed by atoms with Gasteiger partial charge in [0.2, 0.25) is 0 Å². The zero-order chi connectivity index (χ0) is 14.2. The minimum absolute atomic E-state index is 0.148. The smallest absolute Gasteiger partial charge is 0.104 e. The Morgan fingerprint density at radius 2 is 2.10 bits per heavy atom. The van der Waals surface area contributed by atoms with E-state index in [1.165, 1.54) is 10.4 Å². The summed E-state index contributed by atoms with van der Waals surface area (Å²) in [5.41, 5.74) is 2.39. The maximum absolute atomic E-state index is 10.6. The van der Waals surface area contributed by atoms with Gasteiger partial charge in [-0.3, -0.25) is 4.90 Å². The summed E-state index contributed by atoms with van der Waals surface area (Å²) in [6.07, 6.45) is 0.715. The molecule has 1 aliphatic carbocycles. The lowest BCUT2D eigenvalue weighted by molar-refractivity contribution is -0.0620. The Morgan fingerprint density at radius 3 is 2.90 bits per heavy atom. The first-order chi connectivity index (χ1) is 10.3. The molecule has 110 valence electrons. The van der Waals surface area contributed by atoms with Gasteiger partial charge in [-0.25, -0.2) is 0 Å². The Bertz CT molecular complexity index is 613. The van der Waals surface area contributed by atoms with Crippen molar-refractivity contribution in [2.75, 3.05) is 19.7 Å². The van der Waals surface area contributed by atoms with Crippen LogP contribution in [0.2, 0.25) is 0 Å². The SMILES string of the molecule is OC1c2ccccc2CC1N1CCOC(c2cccs2)C1. The van der Waals surface area contributed by atoms with Crippen molar-refractivity contribution in [3.63, 3.8) is 0 Å². The van der Waals surface area contributed by atoms with E-state index in [9.17, 15) is 5.11 Å². The molecular formula is C17H19NO2S. The monoisotopic (exact) mass is 301 g/mol. The number of hydrogen-bond acceptors (Lipinski definition) is 4. The van der Waals surface area contributed by atoms with Gasteiger partial charge in [-0.1, -0.05) is 30.3 Å². The van der Waals surface area contributed by atoms with Crippen LogP contribution in [0.15, 0.2) is 41.8 Å². The van der Waals surface area contributed by atoms with Crippen molar-refractivity contribution in [1.82, 2.24) is 4.90 Å². The van der Waals surface area contributed by atoms with Crippen molar-refractivity contribution in [1.29, 1.82) is 0 Å². The fourth-order valence-electron chi connectivity index (χ4n) is 3.50. The third kappa shape index (κ3) is 2.42. The summed E-state index contributed by atoms with van der Waals surface area (Å²) < 4.78 is 5.91. The van der Waals surface area contributed by atoms with Crippen LogP contribution in [0.1, 0.15) is 28.2 Å². The average molecular weight is 301 g/mol. The molecule has 2 aromatic rings. The molecule has 0 spiro atoms. The molecule has 0 amide bonds. The number of aliphatic hydroxyl groups is 1. The third-order valence-corrected chi connectivity index (χ3v) is 5.56. The van der Waals surface area contributed by atoms with Crippen molar-refractivity contribution < 1.29 is 9.84 Å². The van der Waals surface area contributed by atoms with Crippen molar-refractivity contribution >= 4 is 11.3 Å². The highest BCUT2D eigenvalue weighted by molar-refractivity contribution is 7.10. The van der Waals surface area contributed by atoms with Gasteiger partial charge in [0.25, 0.3) is 0 Å². The molecule has 1 aliphatic heterocycles. The lowest BCUT2D eigenvalue weighted by Gasteiger charge is -2.37. The van der Waals surface area contributed by atoms with Crippen LogP contribution in [0, 0.1) is 0 Å². The van der Waals surface area contributed by atoms with Crippen LogP contribution in [-0.4, -0.2) is 35.7 Å². The molecule has 21 heavy (non-hydrogen) atoms. The molecule has 3 atom stereocenters. The number of benzene rings is 1. The van der Waals surface area contributed by atoms with Gasteiger partial charge >= 0.3 is 0 Å². The van der Waals surface area contributed by atoms with Gasteiger partial charge in [0, 0.05) is 24.0 Å². The molecule has 0 radical (unpaired) electrons. The quantitative estimate of drug-likeness (QED) is 0.926. The first-order valence-electron chi connectivity index (χ1n) is 7.48. The Kier molecular flexibility index (Phi) is 3.55. The van der Waals surface area contributed by atoms with E-state index in [1.54, 1.807) is 11.3 Å². The summed E-state index contributed by atoms with van der Waals surface area (Å²) in [6.45, 7) is 2.51. The molecule has 1 fully saturated rings. The highest BCUT2D eigenvalue weighted by atomic mass is 32.1. The number of hydrogen-bond donors (Lipinski definition) is 1. The Hall–Kier alpha value is -1.20. The highest BCUT2D eigenvalue weighted by Gasteiger charge is 2.37. The van der Waals surface area contributed by atoms with Gasteiger partial charge in [0.15, 0.2) is 0 Å². The zero-order valence-corrected chi connectivity index (χ0v) is 12.6. The maximum Gasteiger partial charge on any atom is 0.104 e. The minimum Gasteiger partial charge on any atom is -0.387 e. The van der Waals surface area contributed by atoms with E-state index in [0.29, 0.717) is 0 Å². The number of nitrogens with zero attached hydrogens (tertiary/aromatic N) is 1. The second-order valence-electron chi connectivity index (χ2n) is 5.78. The molecule has 3 nitrogen and oxygen atoms in total. The molecule has 0 saturated carbocycles. The number of thiophene rings is 1. The van der Waals surface area contributed by atoms with Crippen LogP contribution >= 0.6 is 11.3 Å². The Labute approximate surface area is 128 Å². The van der Waals surface area contributed by atoms with Crippen molar-refractivity contribution in [2.45, 2.75) is 24.7 Å². The van der Waals surface area contributed by atoms with Crippen LogP contribution in [-0.2, 0) is 11.2 Å². The molecule has 1 N–H and O–H groups in total. The number of fused-ring (bicyclic) bond motifs is 1. The summed E-state index contributed by atoms with van der Waals surface area (Å²) in [5, 5.41) is 12.7. The fourth-order valence-corrected chi connectivity index (χ4v) is 4.26. The lowest BCUT2D eigenvalue weighted by Crippen LogP contribution is -2.46. The van der Waals surface area contributed by atoms with Crippen molar-refractivity contribution in [3.05, 3.63) is 57.8 Å². The average Bonchev–Trinajstić information content (AvgIpc) is 3.16. The molecule has 1 saturated heterocycles.